The number of nitrogens with zero attached hydrogens (tertiary/aromatic N) is 1. The minimum absolute atomic E-state index is 0.423. The van der Waals surface area contributed by atoms with E-state index in [1.54, 1.807) is 11.3 Å². The van der Waals surface area contributed by atoms with Gasteiger partial charge in [0.25, 0.3) is 0 Å². The molecule has 1 aliphatic rings. The van der Waals surface area contributed by atoms with E-state index in [0.29, 0.717) is 38.0 Å². The summed E-state index contributed by atoms with van der Waals surface area (Å²) in [5.74, 6) is 0. The topological polar surface area (TPSA) is 43.7 Å². The van der Waals surface area contributed by atoms with E-state index in [2.05, 4.69) is 4.90 Å². The summed E-state index contributed by atoms with van der Waals surface area (Å²) >= 11 is 1.66. The highest BCUT2D eigenvalue weighted by Gasteiger charge is 2.36. The zero-order valence-electron chi connectivity index (χ0n) is 15.4. The number of thiophene rings is 1. The van der Waals surface area contributed by atoms with Gasteiger partial charge in [0.2, 0.25) is 0 Å². The van der Waals surface area contributed by atoms with E-state index in [0.717, 1.165) is 27.5 Å². The second-order valence-electron chi connectivity index (χ2n) is 7.29. The number of likely N-dealkylation sites (tertiary alicyclic amines) is 1. The molecular formula is C20H24F3NO2S. The van der Waals surface area contributed by atoms with E-state index < -0.39 is 23.4 Å². The molecule has 3 nitrogen and oxygen atoms in total. The Bertz CT molecular complexity index is 778. The van der Waals surface area contributed by atoms with Crippen LogP contribution >= 0.6 is 11.3 Å². The molecule has 1 saturated heterocycles. The predicted molar refractivity (Wildman–Crippen MR) is 99.8 cm³/mol. The first-order chi connectivity index (χ1) is 12.6. The summed E-state index contributed by atoms with van der Waals surface area (Å²) in [4.78, 5) is 4.37. The summed E-state index contributed by atoms with van der Waals surface area (Å²) in [7, 11) is 0. The zero-order valence-corrected chi connectivity index (χ0v) is 16.2. The molecule has 2 aromatic rings. The van der Waals surface area contributed by atoms with Crippen molar-refractivity contribution < 1.29 is 23.4 Å². The van der Waals surface area contributed by atoms with Crippen molar-refractivity contribution in [2.75, 3.05) is 19.6 Å². The lowest BCUT2D eigenvalue weighted by atomic mass is 9.84. The van der Waals surface area contributed by atoms with Gasteiger partial charge in [0, 0.05) is 29.4 Å². The van der Waals surface area contributed by atoms with Crippen LogP contribution in [0.5, 0.6) is 0 Å². The Hall–Kier alpha value is -1.41. The van der Waals surface area contributed by atoms with Crippen LogP contribution < -0.4 is 0 Å². The quantitative estimate of drug-likeness (QED) is 0.801. The molecule has 3 rings (SSSR count). The van der Waals surface area contributed by atoms with Crippen LogP contribution in [0.3, 0.4) is 0 Å². The van der Waals surface area contributed by atoms with Gasteiger partial charge in [0.1, 0.15) is 0 Å². The van der Waals surface area contributed by atoms with Gasteiger partial charge >= 0.3 is 6.18 Å². The van der Waals surface area contributed by atoms with E-state index in [1.807, 2.05) is 19.9 Å². The molecule has 1 fully saturated rings. The van der Waals surface area contributed by atoms with Gasteiger partial charge in [0.15, 0.2) is 0 Å². The Morgan fingerprint density at radius 2 is 1.74 bits per heavy atom. The van der Waals surface area contributed by atoms with Crippen molar-refractivity contribution in [3.05, 3.63) is 56.8 Å². The fourth-order valence-corrected chi connectivity index (χ4v) is 4.67. The predicted octanol–water partition coefficient (Wildman–Crippen LogP) is 4.40. The van der Waals surface area contributed by atoms with Crippen molar-refractivity contribution in [2.45, 2.75) is 44.6 Å². The minimum Gasteiger partial charge on any atom is -0.387 e. The number of benzene rings is 1. The monoisotopic (exact) mass is 399 g/mol. The van der Waals surface area contributed by atoms with Gasteiger partial charge in [-0.1, -0.05) is 12.1 Å². The highest BCUT2D eigenvalue weighted by atomic mass is 32.1. The zero-order chi connectivity index (χ0) is 19.8. The molecule has 7 heteroatoms. The molecule has 148 valence electrons. The van der Waals surface area contributed by atoms with Crippen molar-refractivity contribution >= 4 is 11.3 Å². The number of hydrogen-bond donors (Lipinski definition) is 2. The van der Waals surface area contributed by atoms with Gasteiger partial charge < -0.3 is 15.1 Å². The van der Waals surface area contributed by atoms with E-state index in [4.69, 9.17) is 0 Å². The summed E-state index contributed by atoms with van der Waals surface area (Å²) in [6, 6.07) is 6.78. The van der Waals surface area contributed by atoms with Crippen molar-refractivity contribution in [1.82, 2.24) is 4.90 Å². The molecule has 0 amide bonds. The average Bonchev–Trinajstić information content (AvgIpc) is 2.95. The molecule has 0 saturated carbocycles. The summed E-state index contributed by atoms with van der Waals surface area (Å²) < 4.78 is 38.1. The first kappa shape index (κ1) is 20.3. The highest BCUT2D eigenvalue weighted by molar-refractivity contribution is 7.12. The van der Waals surface area contributed by atoms with E-state index in [-0.39, 0.29) is 0 Å². The first-order valence-corrected chi connectivity index (χ1v) is 9.77. The minimum atomic E-state index is -4.38. The lowest BCUT2D eigenvalue weighted by molar-refractivity contribution is -0.137. The third kappa shape index (κ3) is 4.54. The maximum absolute atomic E-state index is 12.7. The second-order valence-corrected chi connectivity index (χ2v) is 8.75. The van der Waals surface area contributed by atoms with Crippen LogP contribution in [0.1, 0.15) is 45.4 Å². The van der Waals surface area contributed by atoms with Crippen LogP contribution in [-0.4, -0.2) is 34.7 Å². The van der Waals surface area contributed by atoms with Gasteiger partial charge in [-0.15, -0.1) is 11.3 Å². The van der Waals surface area contributed by atoms with Crippen molar-refractivity contribution in [2.24, 2.45) is 0 Å². The number of β-amino-alcohol motifs (C(OH)–C–C–N with tert-alkyl or cyclic N) is 1. The maximum atomic E-state index is 12.7. The second kappa shape index (κ2) is 7.54. The van der Waals surface area contributed by atoms with Gasteiger partial charge in [-0.2, -0.15) is 13.2 Å². The SMILES string of the molecule is Cc1cc([C@@H](O)CN2CCC(O)(c3ccc(C(F)(F)F)cc3)CC2)c(C)s1. The number of rotatable bonds is 4. The van der Waals surface area contributed by atoms with Crippen molar-refractivity contribution in [3.8, 4) is 0 Å². The molecule has 2 heterocycles. The average molecular weight is 399 g/mol. The lowest BCUT2D eigenvalue weighted by Crippen LogP contribution is -2.44. The first-order valence-electron chi connectivity index (χ1n) is 8.96. The third-order valence-corrected chi connectivity index (χ3v) is 6.28. The van der Waals surface area contributed by atoms with Gasteiger partial charge in [-0.25, -0.2) is 0 Å². The molecule has 1 aliphatic heterocycles. The molecule has 2 N–H and O–H groups in total. The number of halogens is 3. The Labute approximate surface area is 161 Å². The van der Waals surface area contributed by atoms with Crippen LogP contribution in [0.2, 0.25) is 0 Å². The number of aliphatic hydroxyl groups excluding tert-OH is 1. The Balaban J connectivity index is 1.61. The molecule has 0 unspecified atom stereocenters. The van der Waals surface area contributed by atoms with Gasteiger partial charge in [0.05, 0.1) is 17.3 Å². The normalized spacial score (nSPS) is 19.2. The van der Waals surface area contributed by atoms with Gasteiger partial charge in [-0.3, -0.25) is 0 Å². The molecule has 0 bridgehead atoms. The van der Waals surface area contributed by atoms with Crippen LogP contribution in [0.15, 0.2) is 30.3 Å². The highest BCUT2D eigenvalue weighted by Crippen LogP contribution is 2.36. The third-order valence-electron chi connectivity index (χ3n) is 5.30. The molecule has 0 aliphatic carbocycles. The largest absolute Gasteiger partial charge is 0.416 e. The Kier molecular flexibility index (Phi) is 5.68. The smallest absolute Gasteiger partial charge is 0.387 e. The van der Waals surface area contributed by atoms with E-state index >= 15 is 0 Å². The summed E-state index contributed by atoms with van der Waals surface area (Å²) in [6.07, 6.45) is -4.11. The molecule has 0 spiro atoms. The Morgan fingerprint density at radius 1 is 1.15 bits per heavy atom. The number of alkyl halides is 3. The van der Waals surface area contributed by atoms with Crippen molar-refractivity contribution in [3.63, 3.8) is 0 Å². The van der Waals surface area contributed by atoms with Gasteiger partial charge in [-0.05, 0) is 56.0 Å². The number of piperidine rings is 1. The van der Waals surface area contributed by atoms with Crippen LogP contribution in [-0.2, 0) is 11.8 Å². The maximum Gasteiger partial charge on any atom is 0.416 e. The van der Waals surface area contributed by atoms with E-state index in [1.165, 1.54) is 12.1 Å². The van der Waals surface area contributed by atoms with Crippen LogP contribution in [0.4, 0.5) is 13.2 Å². The van der Waals surface area contributed by atoms with Crippen LogP contribution in [0, 0.1) is 13.8 Å². The standard InChI is InChI=1S/C20H24F3NO2S/c1-13-11-17(14(2)27-13)18(25)12-24-9-7-19(26,8-10-24)15-3-5-16(6-4-15)20(21,22)23/h3-6,11,18,25-26H,7-10,12H2,1-2H3/t18-/m0/s1. The fraction of sp³-hybridized carbons (Fsp3) is 0.500. The number of aliphatic hydroxyl groups is 2. The summed E-state index contributed by atoms with van der Waals surface area (Å²) in [5.41, 5.74) is -0.376. The van der Waals surface area contributed by atoms with Crippen LogP contribution in [0.25, 0.3) is 0 Å². The molecule has 0 radical (unpaired) electrons. The molecule has 1 atom stereocenters. The number of aryl methyl sites for hydroxylation is 2. The summed E-state index contributed by atoms with van der Waals surface area (Å²) in [5, 5.41) is 21.4. The molecular weight excluding hydrogens is 375 g/mol. The Morgan fingerprint density at radius 3 is 2.22 bits per heavy atom. The van der Waals surface area contributed by atoms with E-state index in [9.17, 15) is 23.4 Å². The molecule has 1 aromatic carbocycles. The lowest BCUT2D eigenvalue weighted by Gasteiger charge is -2.39. The number of hydrogen-bond acceptors (Lipinski definition) is 4. The van der Waals surface area contributed by atoms with Crippen molar-refractivity contribution in [1.29, 1.82) is 0 Å². The molecule has 27 heavy (non-hydrogen) atoms. The fourth-order valence-electron chi connectivity index (χ4n) is 3.69. The molecule has 1 aromatic heterocycles. The summed E-state index contributed by atoms with van der Waals surface area (Å²) in [6.45, 7) is 5.66.